The minimum Gasteiger partial charge on any atom is -0.324 e. The predicted molar refractivity (Wildman–Crippen MR) is 99.1 cm³/mol. The molecule has 3 rings (SSSR count). The second-order valence-electron chi connectivity index (χ2n) is 5.84. The van der Waals surface area contributed by atoms with Gasteiger partial charge in [-0.25, -0.2) is 0 Å². The number of carbonyl (C=O) groups excluding carboxylic acids is 2. The van der Waals surface area contributed by atoms with E-state index in [1.54, 1.807) is 4.90 Å². The van der Waals surface area contributed by atoms with E-state index in [1.807, 2.05) is 48.5 Å². The molecule has 0 bridgehead atoms. The Morgan fingerprint density at radius 3 is 2.75 bits per heavy atom. The molecule has 1 heterocycles. The van der Waals surface area contributed by atoms with Gasteiger partial charge in [0.05, 0.1) is 11.4 Å². The Labute approximate surface area is 150 Å². The summed E-state index contributed by atoms with van der Waals surface area (Å²) in [6, 6.07) is 15.4. The molecule has 4 nitrogen and oxygen atoms in total. The lowest BCUT2D eigenvalue weighted by Gasteiger charge is -2.20. The second kappa shape index (κ2) is 7.62. The molecule has 0 aliphatic carbocycles. The summed E-state index contributed by atoms with van der Waals surface area (Å²) < 4.78 is 1.01. The zero-order valence-electron chi connectivity index (χ0n) is 13.3. The van der Waals surface area contributed by atoms with Crippen LogP contribution in [-0.4, -0.2) is 18.4 Å². The van der Waals surface area contributed by atoms with Crippen LogP contribution in [0.15, 0.2) is 53.0 Å². The van der Waals surface area contributed by atoms with Crippen molar-refractivity contribution in [3.63, 3.8) is 0 Å². The molecule has 1 aliphatic rings. The van der Waals surface area contributed by atoms with Crippen LogP contribution in [0.5, 0.6) is 0 Å². The highest BCUT2D eigenvalue weighted by molar-refractivity contribution is 9.10. The van der Waals surface area contributed by atoms with Crippen molar-refractivity contribution in [2.24, 2.45) is 0 Å². The average molecular weight is 387 g/mol. The number of halogens is 1. The normalized spacial score (nSPS) is 14.0. The molecule has 0 saturated carbocycles. The number of anilines is 2. The third kappa shape index (κ3) is 4.03. The van der Waals surface area contributed by atoms with E-state index in [2.05, 4.69) is 21.2 Å². The summed E-state index contributed by atoms with van der Waals surface area (Å²) in [6.45, 7) is 0.712. The number of hydrogen-bond acceptors (Lipinski definition) is 2. The fourth-order valence-electron chi connectivity index (χ4n) is 2.88. The maximum atomic E-state index is 12.3. The van der Waals surface area contributed by atoms with Gasteiger partial charge in [0.2, 0.25) is 11.8 Å². The van der Waals surface area contributed by atoms with E-state index >= 15 is 0 Å². The van der Waals surface area contributed by atoms with E-state index in [4.69, 9.17) is 0 Å². The quantitative estimate of drug-likeness (QED) is 0.838. The molecular weight excluding hydrogens is 368 g/mol. The molecule has 0 unspecified atom stereocenters. The lowest BCUT2D eigenvalue weighted by atomic mass is 10.1. The number of para-hydroxylation sites is 2. The zero-order valence-corrected chi connectivity index (χ0v) is 14.9. The number of rotatable bonds is 5. The average Bonchev–Trinajstić information content (AvgIpc) is 2.99. The summed E-state index contributed by atoms with van der Waals surface area (Å²) in [7, 11) is 0. The molecule has 1 saturated heterocycles. The topological polar surface area (TPSA) is 49.4 Å². The summed E-state index contributed by atoms with van der Waals surface area (Å²) in [6.07, 6.45) is 2.52. The van der Waals surface area contributed by atoms with Crippen LogP contribution in [0.3, 0.4) is 0 Å². The molecule has 124 valence electrons. The van der Waals surface area contributed by atoms with Crippen LogP contribution in [-0.2, 0) is 16.0 Å². The van der Waals surface area contributed by atoms with E-state index in [9.17, 15) is 9.59 Å². The van der Waals surface area contributed by atoms with Gasteiger partial charge in [-0.15, -0.1) is 0 Å². The van der Waals surface area contributed by atoms with Crippen LogP contribution >= 0.6 is 15.9 Å². The van der Waals surface area contributed by atoms with Gasteiger partial charge in [-0.3, -0.25) is 9.59 Å². The van der Waals surface area contributed by atoms with Crippen LogP contribution in [0.1, 0.15) is 24.8 Å². The Kier molecular flexibility index (Phi) is 5.30. The molecule has 2 amide bonds. The van der Waals surface area contributed by atoms with E-state index in [1.165, 1.54) is 0 Å². The highest BCUT2D eigenvalue weighted by Gasteiger charge is 2.24. The number of benzene rings is 2. The van der Waals surface area contributed by atoms with Gasteiger partial charge in [0.15, 0.2) is 0 Å². The SMILES string of the molecule is O=C(CCc1cccc(Br)c1)Nc1ccccc1N1CCCC1=O. The molecule has 0 atom stereocenters. The van der Waals surface area contributed by atoms with E-state index in [-0.39, 0.29) is 11.8 Å². The Balaban J connectivity index is 1.65. The fraction of sp³-hybridized carbons (Fsp3) is 0.263. The molecule has 0 radical (unpaired) electrons. The smallest absolute Gasteiger partial charge is 0.227 e. The monoisotopic (exact) mass is 386 g/mol. The molecule has 0 aromatic heterocycles. The Hall–Kier alpha value is -2.14. The molecule has 1 aliphatic heterocycles. The number of hydrogen-bond donors (Lipinski definition) is 1. The summed E-state index contributed by atoms with van der Waals surface area (Å²) >= 11 is 3.44. The third-order valence-electron chi connectivity index (χ3n) is 4.07. The van der Waals surface area contributed by atoms with Gasteiger partial charge in [-0.05, 0) is 42.7 Å². The van der Waals surface area contributed by atoms with Crippen molar-refractivity contribution < 1.29 is 9.59 Å². The maximum Gasteiger partial charge on any atom is 0.227 e. The van der Waals surface area contributed by atoms with Crippen molar-refractivity contribution in [3.05, 3.63) is 58.6 Å². The van der Waals surface area contributed by atoms with Gasteiger partial charge < -0.3 is 10.2 Å². The van der Waals surface area contributed by atoms with Crippen LogP contribution in [0, 0.1) is 0 Å². The lowest BCUT2D eigenvalue weighted by molar-refractivity contribution is -0.117. The van der Waals surface area contributed by atoms with Crippen molar-refractivity contribution in [3.8, 4) is 0 Å². The molecule has 0 spiro atoms. The number of amides is 2. The van der Waals surface area contributed by atoms with Gasteiger partial charge in [0.1, 0.15) is 0 Å². The Morgan fingerprint density at radius 2 is 2.00 bits per heavy atom. The molecule has 1 fully saturated rings. The largest absolute Gasteiger partial charge is 0.324 e. The first kappa shape index (κ1) is 16.7. The highest BCUT2D eigenvalue weighted by atomic mass is 79.9. The minimum atomic E-state index is -0.0472. The first-order valence-corrected chi connectivity index (χ1v) is 8.86. The standard InChI is InChI=1S/C19H19BrN2O2/c20-15-6-3-5-14(13-15)10-11-18(23)21-16-7-1-2-8-17(16)22-12-4-9-19(22)24/h1-3,5-8,13H,4,9-12H2,(H,21,23). The van der Waals surface area contributed by atoms with Gasteiger partial charge in [-0.2, -0.15) is 0 Å². The van der Waals surface area contributed by atoms with E-state index in [0.29, 0.717) is 31.5 Å². The highest BCUT2D eigenvalue weighted by Crippen LogP contribution is 2.29. The summed E-state index contributed by atoms with van der Waals surface area (Å²) in [5.41, 5.74) is 2.60. The predicted octanol–water partition coefficient (Wildman–Crippen LogP) is 4.15. The maximum absolute atomic E-state index is 12.3. The molecule has 5 heteroatoms. The second-order valence-corrected chi connectivity index (χ2v) is 6.76. The third-order valence-corrected chi connectivity index (χ3v) is 4.57. The van der Waals surface area contributed by atoms with E-state index in [0.717, 1.165) is 22.1 Å². The van der Waals surface area contributed by atoms with Gasteiger partial charge in [0.25, 0.3) is 0 Å². The van der Waals surface area contributed by atoms with Crippen LogP contribution in [0.2, 0.25) is 0 Å². The first-order chi connectivity index (χ1) is 11.6. The molecule has 2 aromatic rings. The first-order valence-electron chi connectivity index (χ1n) is 8.07. The van der Waals surface area contributed by atoms with Crippen molar-refractivity contribution in [2.75, 3.05) is 16.8 Å². The van der Waals surface area contributed by atoms with Crippen LogP contribution < -0.4 is 10.2 Å². The van der Waals surface area contributed by atoms with Crippen molar-refractivity contribution in [2.45, 2.75) is 25.7 Å². The Bertz CT molecular complexity index is 761. The Morgan fingerprint density at radius 1 is 1.17 bits per heavy atom. The van der Waals surface area contributed by atoms with Crippen LogP contribution in [0.4, 0.5) is 11.4 Å². The zero-order chi connectivity index (χ0) is 16.9. The van der Waals surface area contributed by atoms with Gasteiger partial charge in [-0.1, -0.05) is 40.2 Å². The van der Waals surface area contributed by atoms with Gasteiger partial charge >= 0.3 is 0 Å². The molecular formula is C19H19BrN2O2. The summed E-state index contributed by atoms with van der Waals surface area (Å²) in [5, 5.41) is 2.95. The molecule has 2 aromatic carbocycles. The molecule has 1 N–H and O–H groups in total. The minimum absolute atomic E-state index is 0.0472. The van der Waals surface area contributed by atoms with Crippen molar-refractivity contribution >= 4 is 39.1 Å². The number of nitrogens with zero attached hydrogens (tertiary/aromatic N) is 1. The van der Waals surface area contributed by atoms with Crippen LogP contribution in [0.25, 0.3) is 0 Å². The van der Waals surface area contributed by atoms with E-state index < -0.39 is 0 Å². The van der Waals surface area contributed by atoms with Crippen molar-refractivity contribution in [1.82, 2.24) is 0 Å². The van der Waals surface area contributed by atoms with Gasteiger partial charge in [0, 0.05) is 23.9 Å². The molecule has 24 heavy (non-hydrogen) atoms. The fourth-order valence-corrected chi connectivity index (χ4v) is 3.33. The lowest BCUT2D eigenvalue weighted by Crippen LogP contribution is -2.25. The number of nitrogens with one attached hydrogen (secondary N) is 1. The summed E-state index contributed by atoms with van der Waals surface area (Å²) in [4.78, 5) is 26.0. The number of aryl methyl sites for hydroxylation is 1. The summed E-state index contributed by atoms with van der Waals surface area (Å²) in [5.74, 6) is 0.0694. The number of carbonyl (C=O) groups is 2. The van der Waals surface area contributed by atoms with Crippen molar-refractivity contribution in [1.29, 1.82) is 0 Å².